The lowest BCUT2D eigenvalue weighted by Gasteiger charge is -2.03. The van der Waals surface area contributed by atoms with Crippen molar-refractivity contribution in [3.63, 3.8) is 0 Å². The lowest BCUT2D eigenvalue weighted by Crippen LogP contribution is -2.07. The number of para-hydroxylation sites is 1. The van der Waals surface area contributed by atoms with Crippen molar-refractivity contribution in [2.75, 3.05) is 5.73 Å². The average molecular weight is 264 g/mol. The molecule has 0 radical (unpaired) electrons. The van der Waals surface area contributed by atoms with E-state index in [-0.39, 0.29) is 11.5 Å². The van der Waals surface area contributed by atoms with Crippen LogP contribution in [0.1, 0.15) is 16.1 Å². The standard InChI is InChI=1S/C15H12N4O/c16-12-9-5-4-8-11(12)15(20)14-13(17-19-18-14)10-6-2-1-3-7-10/h1-9H,16H2,(H,17,18,19). The second kappa shape index (κ2) is 4.97. The first kappa shape index (κ1) is 12.1. The number of carbonyl (C=O) groups excluding carboxylic acids is 1. The minimum Gasteiger partial charge on any atom is -0.398 e. The van der Waals surface area contributed by atoms with Gasteiger partial charge in [0.05, 0.1) is 0 Å². The normalized spacial score (nSPS) is 10.4. The lowest BCUT2D eigenvalue weighted by atomic mass is 10.0. The molecule has 0 bridgehead atoms. The molecule has 3 N–H and O–H groups in total. The Kier molecular flexibility index (Phi) is 3.01. The quantitative estimate of drug-likeness (QED) is 0.561. The molecule has 0 atom stereocenters. The minimum atomic E-state index is -0.240. The molecule has 1 aromatic heterocycles. The number of carbonyl (C=O) groups is 1. The summed E-state index contributed by atoms with van der Waals surface area (Å²) in [6.07, 6.45) is 0. The number of nitrogens with one attached hydrogen (secondary N) is 1. The van der Waals surface area contributed by atoms with Crippen LogP contribution in [0.4, 0.5) is 5.69 Å². The van der Waals surface area contributed by atoms with Crippen molar-refractivity contribution in [2.45, 2.75) is 0 Å². The van der Waals surface area contributed by atoms with Gasteiger partial charge in [-0.25, -0.2) is 0 Å². The molecule has 0 spiro atoms. The molecule has 3 rings (SSSR count). The Morgan fingerprint density at radius 1 is 0.950 bits per heavy atom. The van der Waals surface area contributed by atoms with Crippen LogP contribution in [0.25, 0.3) is 11.3 Å². The van der Waals surface area contributed by atoms with E-state index in [0.29, 0.717) is 16.9 Å². The van der Waals surface area contributed by atoms with Crippen molar-refractivity contribution >= 4 is 11.5 Å². The van der Waals surface area contributed by atoms with Gasteiger partial charge < -0.3 is 5.73 Å². The monoisotopic (exact) mass is 264 g/mol. The van der Waals surface area contributed by atoms with Crippen LogP contribution in [0.15, 0.2) is 54.6 Å². The van der Waals surface area contributed by atoms with Gasteiger partial charge in [-0.2, -0.15) is 15.4 Å². The number of ketones is 1. The summed E-state index contributed by atoms with van der Waals surface area (Å²) in [5, 5.41) is 10.5. The molecule has 1 heterocycles. The number of aromatic nitrogens is 3. The Morgan fingerprint density at radius 2 is 1.65 bits per heavy atom. The number of nitrogens with zero attached hydrogens (tertiary/aromatic N) is 2. The van der Waals surface area contributed by atoms with Crippen LogP contribution in [0, 0.1) is 0 Å². The maximum absolute atomic E-state index is 12.5. The van der Waals surface area contributed by atoms with Crippen molar-refractivity contribution < 1.29 is 4.79 Å². The lowest BCUT2D eigenvalue weighted by molar-refractivity contribution is 0.103. The van der Waals surface area contributed by atoms with E-state index in [2.05, 4.69) is 15.4 Å². The van der Waals surface area contributed by atoms with Crippen molar-refractivity contribution in [1.82, 2.24) is 15.4 Å². The molecule has 0 saturated carbocycles. The molecule has 0 unspecified atom stereocenters. The third-order valence-electron chi connectivity index (χ3n) is 3.02. The molecule has 20 heavy (non-hydrogen) atoms. The Bertz CT molecular complexity index is 749. The third kappa shape index (κ3) is 2.05. The van der Waals surface area contributed by atoms with Gasteiger partial charge in [-0.1, -0.05) is 42.5 Å². The van der Waals surface area contributed by atoms with E-state index < -0.39 is 0 Å². The molecule has 2 aromatic carbocycles. The van der Waals surface area contributed by atoms with Crippen LogP contribution < -0.4 is 5.73 Å². The van der Waals surface area contributed by atoms with Gasteiger partial charge >= 0.3 is 0 Å². The SMILES string of the molecule is Nc1ccccc1C(=O)c1n[nH]nc1-c1ccccc1. The van der Waals surface area contributed by atoms with E-state index >= 15 is 0 Å². The van der Waals surface area contributed by atoms with Gasteiger partial charge in [0.25, 0.3) is 0 Å². The van der Waals surface area contributed by atoms with Crippen molar-refractivity contribution in [3.05, 3.63) is 65.9 Å². The predicted molar refractivity (Wildman–Crippen MR) is 76.1 cm³/mol. The van der Waals surface area contributed by atoms with Crippen LogP contribution in [-0.4, -0.2) is 21.2 Å². The third-order valence-corrected chi connectivity index (χ3v) is 3.02. The molecule has 5 nitrogen and oxygen atoms in total. The molecule has 0 aliphatic carbocycles. The highest BCUT2D eigenvalue weighted by molar-refractivity contribution is 6.13. The highest BCUT2D eigenvalue weighted by Gasteiger charge is 2.20. The summed E-state index contributed by atoms with van der Waals surface area (Å²) in [6.45, 7) is 0. The predicted octanol–water partition coefficient (Wildman–Crippen LogP) is 2.28. The summed E-state index contributed by atoms with van der Waals surface area (Å²) in [5.41, 5.74) is 8.33. The van der Waals surface area contributed by atoms with Crippen LogP contribution in [-0.2, 0) is 0 Å². The highest BCUT2D eigenvalue weighted by Crippen LogP contribution is 2.23. The highest BCUT2D eigenvalue weighted by atomic mass is 16.1. The fraction of sp³-hybridized carbons (Fsp3) is 0. The van der Waals surface area contributed by atoms with Crippen molar-refractivity contribution in [2.24, 2.45) is 0 Å². The molecule has 0 saturated heterocycles. The van der Waals surface area contributed by atoms with E-state index in [1.54, 1.807) is 24.3 Å². The largest absolute Gasteiger partial charge is 0.398 e. The van der Waals surface area contributed by atoms with E-state index in [4.69, 9.17) is 5.73 Å². The maximum Gasteiger partial charge on any atom is 0.217 e. The first-order chi connectivity index (χ1) is 9.77. The van der Waals surface area contributed by atoms with Gasteiger partial charge in [-0.3, -0.25) is 4.79 Å². The molecular formula is C15H12N4O. The van der Waals surface area contributed by atoms with E-state index in [9.17, 15) is 4.79 Å². The van der Waals surface area contributed by atoms with Crippen LogP contribution >= 0.6 is 0 Å². The minimum absolute atomic E-state index is 0.240. The summed E-state index contributed by atoms with van der Waals surface area (Å²) >= 11 is 0. The zero-order chi connectivity index (χ0) is 13.9. The zero-order valence-corrected chi connectivity index (χ0v) is 10.6. The first-order valence-electron chi connectivity index (χ1n) is 6.13. The van der Waals surface area contributed by atoms with Crippen LogP contribution in [0.3, 0.4) is 0 Å². The van der Waals surface area contributed by atoms with Gasteiger partial charge in [0.15, 0.2) is 5.69 Å². The first-order valence-corrected chi connectivity index (χ1v) is 6.13. The summed E-state index contributed by atoms with van der Waals surface area (Å²) in [5.74, 6) is -0.240. The molecule has 0 aliphatic rings. The molecule has 5 heteroatoms. The fourth-order valence-corrected chi connectivity index (χ4v) is 2.02. The van der Waals surface area contributed by atoms with Gasteiger partial charge in [-0.15, -0.1) is 0 Å². The van der Waals surface area contributed by atoms with Crippen molar-refractivity contribution in [3.8, 4) is 11.3 Å². The average Bonchev–Trinajstić information content (AvgIpc) is 2.97. The van der Waals surface area contributed by atoms with E-state index in [1.165, 1.54) is 0 Å². The fourth-order valence-electron chi connectivity index (χ4n) is 2.02. The smallest absolute Gasteiger partial charge is 0.217 e. The zero-order valence-electron chi connectivity index (χ0n) is 10.6. The van der Waals surface area contributed by atoms with Crippen LogP contribution in [0.2, 0.25) is 0 Å². The second-order valence-corrected chi connectivity index (χ2v) is 4.30. The number of anilines is 1. The van der Waals surface area contributed by atoms with Gasteiger partial charge in [-0.05, 0) is 12.1 Å². The van der Waals surface area contributed by atoms with Crippen molar-refractivity contribution in [1.29, 1.82) is 0 Å². The number of hydrogen-bond donors (Lipinski definition) is 2. The van der Waals surface area contributed by atoms with Crippen LogP contribution in [0.5, 0.6) is 0 Å². The molecule has 98 valence electrons. The number of rotatable bonds is 3. The molecule has 0 fully saturated rings. The molecule has 0 amide bonds. The van der Waals surface area contributed by atoms with E-state index in [0.717, 1.165) is 5.56 Å². The molecular weight excluding hydrogens is 252 g/mol. The Hall–Kier alpha value is -2.95. The Labute approximate surface area is 115 Å². The number of aromatic amines is 1. The molecule has 0 aliphatic heterocycles. The summed E-state index contributed by atoms with van der Waals surface area (Å²) in [4.78, 5) is 12.5. The number of nitrogen functional groups attached to an aromatic ring is 1. The molecule has 3 aromatic rings. The summed E-state index contributed by atoms with van der Waals surface area (Å²) < 4.78 is 0. The number of hydrogen-bond acceptors (Lipinski definition) is 4. The van der Waals surface area contributed by atoms with Gasteiger partial charge in [0, 0.05) is 16.8 Å². The summed E-state index contributed by atoms with van der Waals surface area (Å²) in [7, 11) is 0. The maximum atomic E-state index is 12.5. The van der Waals surface area contributed by atoms with Gasteiger partial charge in [0.1, 0.15) is 5.69 Å². The van der Waals surface area contributed by atoms with Gasteiger partial charge in [0.2, 0.25) is 5.78 Å². The number of benzene rings is 2. The number of nitrogens with two attached hydrogens (primary N) is 1. The Morgan fingerprint density at radius 3 is 2.40 bits per heavy atom. The van der Waals surface area contributed by atoms with E-state index in [1.807, 2.05) is 30.3 Å². The second-order valence-electron chi connectivity index (χ2n) is 4.30. The number of H-pyrrole nitrogens is 1. The topological polar surface area (TPSA) is 84.7 Å². The Balaban J connectivity index is 2.07. The summed E-state index contributed by atoms with van der Waals surface area (Å²) in [6, 6.07) is 16.4.